The molecule has 1 amide bonds. The molecule has 1 N–H and O–H groups in total. The Labute approximate surface area is 218 Å². The number of likely N-dealkylation sites (tertiary alicyclic amines) is 1. The third-order valence-electron chi connectivity index (χ3n) is 8.60. The summed E-state index contributed by atoms with van der Waals surface area (Å²) in [5.41, 5.74) is 2.27. The standard InChI is InChI=1S/C32H35FN2O2/c1-24(36)31(26-8-4-2-5-9-26)17-20-35(21-18-31)23-28-22-32(28,27-10-6-3-7-11-27)30(37)34-19-16-25-12-14-29(33)15-13-25/h2-15,28H,16-23H2,1H3,(H,34,37)/t28-,32+/m0/s1. The molecule has 2 atom stereocenters. The summed E-state index contributed by atoms with van der Waals surface area (Å²) >= 11 is 0. The molecule has 192 valence electrons. The molecule has 0 unspecified atom stereocenters. The molecule has 1 saturated heterocycles. The molecule has 2 aliphatic rings. The number of carbonyl (C=O) groups excluding carboxylic acids is 2. The van der Waals surface area contributed by atoms with Crippen LogP contribution in [0, 0.1) is 11.7 Å². The number of benzene rings is 3. The van der Waals surface area contributed by atoms with Crippen molar-refractivity contribution in [3.63, 3.8) is 0 Å². The number of ketones is 1. The monoisotopic (exact) mass is 498 g/mol. The maximum absolute atomic E-state index is 13.6. The van der Waals surface area contributed by atoms with E-state index in [4.69, 9.17) is 0 Å². The quantitative estimate of drug-likeness (QED) is 0.448. The highest BCUT2D eigenvalue weighted by Gasteiger charge is 2.61. The fourth-order valence-corrected chi connectivity index (χ4v) is 6.21. The SMILES string of the molecule is CC(=O)C1(c2ccccc2)CCN(C[C@@H]2C[C@@]2(C(=O)NCCc2ccc(F)cc2)c2ccccc2)CC1. The molecule has 5 rings (SSSR count). The normalized spacial score (nSPS) is 22.8. The number of halogens is 1. The lowest BCUT2D eigenvalue weighted by Gasteiger charge is -2.41. The summed E-state index contributed by atoms with van der Waals surface area (Å²) in [6.07, 6.45) is 3.11. The third kappa shape index (κ3) is 5.10. The molecule has 0 bridgehead atoms. The van der Waals surface area contributed by atoms with Crippen LogP contribution in [0.15, 0.2) is 84.9 Å². The fourth-order valence-electron chi connectivity index (χ4n) is 6.21. The molecule has 5 heteroatoms. The van der Waals surface area contributed by atoms with Gasteiger partial charge < -0.3 is 10.2 Å². The van der Waals surface area contributed by atoms with Crippen molar-refractivity contribution in [2.45, 2.75) is 43.4 Å². The maximum atomic E-state index is 13.6. The lowest BCUT2D eigenvalue weighted by molar-refractivity contribution is -0.124. The van der Waals surface area contributed by atoms with E-state index in [1.54, 1.807) is 19.1 Å². The molecule has 1 heterocycles. The molecule has 3 aromatic carbocycles. The number of nitrogens with zero attached hydrogens (tertiary/aromatic N) is 1. The number of hydrogen-bond acceptors (Lipinski definition) is 3. The second-order valence-corrected chi connectivity index (χ2v) is 10.7. The lowest BCUT2D eigenvalue weighted by atomic mass is 9.70. The fraction of sp³-hybridized carbons (Fsp3) is 0.375. The van der Waals surface area contributed by atoms with Gasteiger partial charge in [-0.3, -0.25) is 9.59 Å². The summed E-state index contributed by atoms with van der Waals surface area (Å²) in [5.74, 6) is 0.301. The van der Waals surface area contributed by atoms with Crippen molar-refractivity contribution < 1.29 is 14.0 Å². The van der Waals surface area contributed by atoms with Crippen molar-refractivity contribution in [3.8, 4) is 0 Å². The van der Waals surface area contributed by atoms with Crippen LogP contribution in [0.1, 0.15) is 42.9 Å². The Bertz CT molecular complexity index is 1220. The number of nitrogens with one attached hydrogen (secondary N) is 1. The Morgan fingerprint density at radius 2 is 1.49 bits per heavy atom. The Balaban J connectivity index is 1.24. The molecule has 1 aliphatic heterocycles. The smallest absolute Gasteiger partial charge is 0.231 e. The first kappa shape index (κ1) is 25.3. The molecule has 0 radical (unpaired) electrons. The van der Waals surface area contributed by atoms with Gasteiger partial charge in [0, 0.05) is 13.1 Å². The van der Waals surface area contributed by atoms with Crippen molar-refractivity contribution >= 4 is 11.7 Å². The Morgan fingerprint density at radius 1 is 0.892 bits per heavy atom. The molecule has 0 aromatic heterocycles. The highest BCUT2D eigenvalue weighted by Crippen LogP contribution is 2.55. The topological polar surface area (TPSA) is 49.4 Å². The van der Waals surface area contributed by atoms with Crippen LogP contribution >= 0.6 is 0 Å². The zero-order valence-corrected chi connectivity index (χ0v) is 21.5. The highest BCUT2D eigenvalue weighted by molar-refractivity contribution is 5.92. The van der Waals surface area contributed by atoms with Gasteiger partial charge in [0.2, 0.25) is 5.91 Å². The minimum absolute atomic E-state index is 0.0742. The van der Waals surface area contributed by atoms with Gasteiger partial charge in [0.1, 0.15) is 11.6 Å². The number of Topliss-reactive ketones (excluding diaryl/α,β-unsaturated/α-hetero) is 1. The lowest BCUT2D eigenvalue weighted by Crippen LogP contribution is -2.47. The molecule has 1 saturated carbocycles. The first-order chi connectivity index (χ1) is 17.9. The van der Waals surface area contributed by atoms with Gasteiger partial charge in [-0.15, -0.1) is 0 Å². The largest absolute Gasteiger partial charge is 0.355 e. The van der Waals surface area contributed by atoms with Crippen molar-refractivity contribution in [3.05, 3.63) is 107 Å². The van der Waals surface area contributed by atoms with Gasteiger partial charge in [0.25, 0.3) is 0 Å². The Kier molecular flexibility index (Phi) is 7.25. The molecule has 1 aliphatic carbocycles. The van der Waals surface area contributed by atoms with E-state index in [9.17, 15) is 14.0 Å². The summed E-state index contributed by atoms with van der Waals surface area (Å²) < 4.78 is 13.2. The van der Waals surface area contributed by atoms with Crippen LogP contribution in [0.25, 0.3) is 0 Å². The zero-order valence-electron chi connectivity index (χ0n) is 21.5. The van der Waals surface area contributed by atoms with Gasteiger partial charge in [-0.1, -0.05) is 72.8 Å². The second kappa shape index (κ2) is 10.6. The molecule has 37 heavy (non-hydrogen) atoms. The van der Waals surface area contributed by atoms with Crippen LogP contribution in [-0.2, 0) is 26.8 Å². The van der Waals surface area contributed by atoms with E-state index in [0.29, 0.717) is 13.0 Å². The van der Waals surface area contributed by atoms with Crippen molar-refractivity contribution in [1.29, 1.82) is 0 Å². The van der Waals surface area contributed by atoms with E-state index in [0.717, 1.165) is 55.6 Å². The Hall–Kier alpha value is -3.31. The van der Waals surface area contributed by atoms with Crippen molar-refractivity contribution in [1.82, 2.24) is 10.2 Å². The molecular formula is C32H35FN2O2. The van der Waals surface area contributed by atoms with Gasteiger partial charge in [-0.2, -0.15) is 0 Å². The van der Waals surface area contributed by atoms with Crippen molar-refractivity contribution in [2.75, 3.05) is 26.2 Å². The van der Waals surface area contributed by atoms with Crippen LogP contribution in [0.2, 0.25) is 0 Å². The first-order valence-corrected chi connectivity index (χ1v) is 13.3. The number of rotatable bonds is 9. The predicted molar refractivity (Wildman–Crippen MR) is 144 cm³/mol. The number of piperidine rings is 1. The first-order valence-electron chi connectivity index (χ1n) is 13.3. The summed E-state index contributed by atoms with van der Waals surface area (Å²) in [5, 5.41) is 3.17. The average molecular weight is 499 g/mol. The van der Waals surface area contributed by atoms with Crippen LogP contribution in [0.4, 0.5) is 4.39 Å². The molecular weight excluding hydrogens is 463 g/mol. The van der Waals surface area contributed by atoms with Crippen LogP contribution in [-0.4, -0.2) is 42.8 Å². The molecule has 0 spiro atoms. The van der Waals surface area contributed by atoms with Gasteiger partial charge >= 0.3 is 0 Å². The van der Waals surface area contributed by atoms with Crippen molar-refractivity contribution in [2.24, 2.45) is 5.92 Å². The summed E-state index contributed by atoms with van der Waals surface area (Å²) in [7, 11) is 0. The number of amides is 1. The number of carbonyl (C=O) groups is 2. The van der Waals surface area contributed by atoms with E-state index in [1.807, 2.05) is 36.4 Å². The second-order valence-electron chi connectivity index (χ2n) is 10.7. The maximum Gasteiger partial charge on any atom is 0.231 e. The minimum atomic E-state index is -0.515. The van der Waals surface area contributed by atoms with Gasteiger partial charge in [0.15, 0.2) is 0 Å². The van der Waals surface area contributed by atoms with Crippen LogP contribution in [0.3, 0.4) is 0 Å². The van der Waals surface area contributed by atoms with E-state index < -0.39 is 10.8 Å². The van der Waals surface area contributed by atoms with Gasteiger partial charge in [0.05, 0.1) is 10.8 Å². The average Bonchev–Trinajstić information content (AvgIpc) is 3.66. The van der Waals surface area contributed by atoms with Gasteiger partial charge in [-0.05, 0) is 80.4 Å². The van der Waals surface area contributed by atoms with E-state index in [-0.39, 0.29) is 23.4 Å². The zero-order chi connectivity index (χ0) is 25.9. The summed E-state index contributed by atoms with van der Waals surface area (Å²) in [6.45, 7) is 4.79. The third-order valence-corrected chi connectivity index (χ3v) is 8.60. The minimum Gasteiger partial charge on any atom is -0.355 e. The van der Waals surface area contributed by atoms with Crippen LogP contribution in [0.5, 0.6) is 0 Å². The number of hydrogen-bond donors (Lipinski definition) is 1. The Morgan fingerprint density at radius 3 is 2.08 bits per heavy atom. The van der Waals surface area contributed by atoms with Crippen LogP contribution < -0.4 is 5.32 Å². The van der Waals surface area contributed by atoms with E-state index in [1.165, 1.54) is 12.1 Å². The highest BCUT2D eigenvalue weighted by atomic mass is 19.1. The van der Waals surface area contributed by atoms with Gasteiger partial charge in [-0.25, -0.2) is 4.39 Å². The van der Waals surface area contributed by atoms with E-state index >= 15 is 0 Å². The summed E-state index contributed by atoms with van der Waals surface area (Å²) in [4.78, 5) is 28.8. The molecule has 4 nitrogen and oxygen atoms in total. The molecule has 3 aromatic rings. The summed E-state index contributed by atoms with van der Waals surface area (Å²) in [6, 6.07) is 26.7. The predicted octanol–water partition coefficient (Wildman–Crippen LogP) is 5.07. The van der Waals surface area contributed by atoms with E-state index in [2.05, 4.69) is 34.5 Å². The molecule has 2 fully saturated rings.